The molecule has 0 unspecified atom stereocenters. The van der Waals surface area contributed by atoms with Gasteiger partial charge in [0.15, 0.2) is 6.61 Å². The highest BCUT2D eigenvalue weighted by molar-refractivity contribution is 5.98. The summed E-state index contributed by atoms with van der Waals surface area (Å²) in [6.07, 6.45) is 6.56. The Labute approximate surface area is 179 Å². The molecule has 1 fully saturated rings. The summed E-state index contributed by atoms with van der Waals surface area (Å²) in [7, 11) is 0. The number of amides is 2. The Balaban J connectivity index is 1.30. The molecule has 0 aliphatic heterocycles. The lowest BCUT2D eigenvalue weighted by molar-refractivity contribution is -0.142. The number of nitrogens with one attached hydrogen (secondary N) is 2. The maximum atomic E-state index is 12.1. The predicted molar refractivity (Wildman–Crippen MR) is 117 cm³/mol. The monoisotopic (exact) mass is 415 g/mol. The standard InChI is InChI=1S/C24H21N3O4/c28-21(26-20-8-2-6-18(14-20)24(30)27-19-10-11-19)15-31-22(29)12-9-17-5-1-4-16-7-3-13-25-23(16)17/h1-9,12-14,19H,10-11,15H2,(H,26,28)(H,27,30)/b12-9+. The lowest BCUT2D eigenvalue weighted by Gasteiger charge is -2.08. The van der Waals surface area contributed by atoms with Gasteiger partial charge in [0.05, 0.1) is 5.52 Å². The SMILES string of the molecule is O=C(COC(=O)/C=C/c1cccc2cccnc12)Nc1cccc(C(=O)NC2CC2)c1. The highest BCUT2D eigenvalue weighted by atomic mass is 16.5. The highest BCUT2D eigenvalue weighted by Gasteiger charge is 2.23. The zero-order valence-electron chi connectivity index (χ0n) is 16.7. The van der Waals surface area contributed by atoms with Gasteiger partial charge in [0.2, 0.25) is 0 Å². The summed E-state index contributed by atoms with van der Waals surface area (Å²) in [6, 6.07) is 16.3. The predicted octanol–water partition coefficient (Wildman–Crippen LogP) is 3.32. The number of rotatable bonds is 7. The van der Waals surface area contributed by atoms with Crippen molar-refractivity contribution in [1.82, 2.24) is 10.3 Å². The van der Waals surface area contributed by atoms with E-state index < -0.39 is 18.5 Å². The maximum Gasteiger partial charge on any atom is 0.331 e. The lowest BCUT2D eigenvalue weighted by Crippen LogP contribution is -2.25. The van der Waals surface area contributed by atoms with E-state index in [1.54, 1.807) is 36.5 Å². The number of aromatic nitrogens is 1. The largest absolute Gasteiger partial charge is 0.452 e. The Hall–Kier alpha value is -4.00. The van der Waals surface area contributed by atoms with Crippen LogP contribution in [0.1, 0.15) is 28.8 Å². The van der Waals surface area contributed by atoms with Crippen molar-refractivity contribution in [3.8, 4) is 0 Å². The van der Waals surface area contributed by atoms with Crippen molar-refractivity contribution in [2.24, 2.45) is 0 Å². The van der Waals surface area contributed by atoms with E-state index in [1.807, 2.05) is 30.3 Å². The Bertz CT molecular complexity index is 1160. The Morgan fingerprint density at radius 3 is 2.71 bits per heavy atom. The molecule has 7 heteroatoms. The third kappa shape index (κ3) is 5.54. The minimum absolute atomic E-state index is 0.168. The van der Waals surface area contributed by atoms with Crippen LogP contribution in [0.25, 0.3) is 17.0 Å². The normalized spacial score (nSPS) is 13.2. The second-order valence-electron chi connectivity index (χ2n) is 7.24. The molecule has 2 N–H and O–H groups in total. The minimum Gasteiger partial charge on any atom is -0.452 e. The first-order valence-electron chi connectivity index (χ1n) is 9.98. The first-order valence-corrected chi connectivity index (χ1v) is 9.98. The summed E-state index contributed by atoms with van der Waals surface area (Å²) < 4.78 is 5.01. The van der Waals surface area contributed by atoms with Crippen LogP contribution in [0, 0.1) is 0 Å². The summed E-state index contributed by atoms with van der Waals surface area (Å²) in [5, 5.41) is 6.49. The molecule has 0 radical (unpaired) electrons. The number of benzene rings is 2. The summed E-state index contributed by atoms with van der Waals surface area (Å²) in [5.74, 6) is -1.30. The average molecular weight is 415 g/mol. The Kier molecular flexibility index (Phi) is 6.03. The number of carbonyl (C=O) groups is 3. The summed E-state index contributed by atoms with van der Waals surface area (Å²) in [5.41, 5.74) is 2.48. The van der Waals surface area contributed by atoms with Gasteiger partial charge in [-0.2, -0.15) is 0 Å². The van der Waals surface area contributed by atoms with E-state index in [0.29, 0.717) is 11.3 Å². The summed E-state index contributed by atoms with van der Waals surface area (Å²) in [4.78, 5) is 40.5. The van der Waals surface area contributed by atoms with Gasteiger partial charge in [-0.05, 0) is 43.2 Å². The van der Waals surface area contributed by atoms with Crippen molar-refractivity contribution in [2.45, 2.75) is 18.9 Å². The molecule has 1 aliphatic carbocycles. The molecule has 1 saturated carbocycles. The van der Waals surface area contributed by atoms with Crippen LogP contribution in [0.3, 0.4) is 0 Å². The Morgan fingerprint density at radius 2 is 1.87 bits per heavy atom. The molecule has 2 aromatic carbocycles. The molecule has 31 heavy (non-hydrogen) atoms. The van der Waals surface area contributed by atoms with E-state index >= 15 is 0 Å². The third-order valence-corrected chi connectivity index (χ3v) is 4.73. The van der Waals surface area contributed by atoms with E-state index in [1.165, 1.54) is 6.08 Å². The fourth-order valence-corrected chi connectivity index (χ4v) is 3.04. The average Bonchev–Trinajstić information content (AvgIpc) is 3.60. The number of ether oxygens (including phenoxy) is 1. The molecule has 0 spiro atoms. The molecule has 7 nitrogen and oxygen atoms in total. The molecule has 1 heterocycles. The Morgan fingerprint density at radius 1 is 1.06 bits per heavy atom. The molecule has 156 valence electrons. The second kappa shape index (κ2) is 9.21. The molecule has 1 aromatic heterocycles. The van der Waals surface area contributed by atoms with Gasteiger partial charge in [0, 0.05) is 40.5 Å². The maximum absolute atomic E-state index is 12.1. The van der Waals surface area contributed by atoms with E-state index in [9.17, 15) is 14.4 Å². The first kappa shape index (κ1) is 20.3. The molecule has 2 amide bonds. The fraction of sp³-hybridized carbons (Fsp3) is 0.167. The van der Waals surface area contributed by atoms with Crippen LogP contribution in [-0.4, -0.2) is 35.4 Å². The van der Waals surface area contributed by atoms with Crippen molar-refractivity contribution in [3.63, 3.8) is 0 Å². The molecule has 4 rings (SSSR count). The number of pyridine rings is 1. The van der Waals surface area contributed by atoms with E-state index in [-0.39, 0.29) is 11.9 Å². The summed E-state index contributed by atoms with van der Waals surface area (Å²) >= 11 is 0. The number of carbonyl (C=O) groups excluding carboxylic acids is 3. The van der Waals surface area contributed by atoms with Gasteiger partial charge in [0.25, 0.3) is 11.8 Å². The van der Waals surface area contributed by atoms with Crippen LogP contribution in [0.15, 0.2) is 66.9 Å². The van der Waals surface area contributed by atoms with Crippen LogP contribution in [-0.2, 0) is 14.3 Å². The smallest absolute Gasteiger partial charge is 0.331 e. The van der Waals surface area contributed by atoms with Crippen LogP contribution < -0.4 is 10.6 Å². The van der Waals surface area contributed by atoms with Crippen LogP contribution in [0.5, 0.6) is 0 Å². The van der Waals surface area contributed by atoms with Gasteiger partial charge in [0.1, 0.15) is 0 Å². The van der Waals surface area contributed by atoms with Gasteiger partial charge in [-0.1, -0.05) is 30.3 Å². The van der Waals surface area contributed by atoms with Crippen LogP contribution in [0.2, 0.25) is 0 Å². The molecule has 0 saturated heterocycles. The first-order chi connectivity index (χ1) is 15.1. The van der Waals surface area contributed by atoms with Crippen molar-refractivity contribution >= 4 is 40.4 Å². The number of nitrogens with zero attached hydrogens (tertiary/aromatic N) is 1. The van der Waals surface area contributed by atoms with E-state index in [4.69, 9.17) is 4.74 Å². The van der Waals surface area contributed by atoms with Crippen molar-refractivity contribution in [3.05, 3.63) is 78.0 Å². The molecule has 0 atom stereocenters. The second-order valence-corrected chi connectivity index (χ2v) is 7.24. The van der Waals surface area contributed by atoms with Crippen molar-refractivity contribution in [2.75, 3.05) is 11.9 Å². The quantitative estimate of drug-likeness (QED) is 0.456. The number of hydrogen-bond acceptors (Lipinski definition) is 5. The minimum atomic E-state index is -0.638. The topological polar surface area (TPSA) is 97.4 Å². The lowest BCUT2D eigenvalue weighted by atomic mass is 10.1. The van der Waals surface area contributed by atoms with Gasteiger partial charge in [-0.15, -0.1) is 0 Å². The van der Waals surface area contributed by atoms with Gasteiger partial charge >= 0.3 is 5.97 Å². The van der Waals surface area contributed by atoms with Crippen LogP contribution >= 0.6 is 0 Å². The highest BCUT2D eigenvalue weighted by Crippen LogP contribution is 2.20. The third-order valence-electron chi connectivity index (χ3n) is 4.73. The number of hydrogen-bond donors (Lipinski definition) is 2. The molecular formula is C24H21N3O4. The van der Waals surface area contributed by atoms with Gasteiger partial charge < -0.3 is 15.4 Å². The molecular weight excluding hydrogens is 394 g/mol. The van der Waals surface area contributed by atoms with Crippen LogP contribution in [0.4, 0.5) is 5.69 Å². The zero-order chi connectivity index (χ0) is 21.6. The van der Waals surface area contributed by atoms with Crippen molar-refractivity contribution < 1.29 is 19.1 Å². The van der Waals surface area contributed by atoms with Gasteiger partial charge in [-0.25, -0.2) is 4.79 Å². The zero-order valence-corrected chi connectivity index (χ0v) is 16.7. The molecule has 3 aromatic rings. The number of anilines is 1. The fourth-order valence-electron chi connectivity index (χ4n) is 3.04. The van der Waals surface area contributed by atoms with Gasteiger partial charge in [-0.3, -0.25) is 14.6 Å². The number of fused-ring (bicyclic) bond motifs is 1. The van der Waals surface area contributed by atoms with E-state index in [2.05, 4.69) is 15.6 Å². The molecule has 1 aliphatic rings. The van der Waals surface area contributed by atoms with Crippen molar-refractivity contribution in [1.29, 1.82) is 0 Å². The summed E-state index contributed by atoms with van der Waals surface area (Å²) in [6.45, 7) is -0.435. The molecule has 0 bridgehead atoms. The number of esters is 1. The van der Waals surface area contributed by atoms with E-state index in [0.717, 1.165) is 29.3 Å². The number of para-hydroxylation sites is 1.